The van der Waals surface area contributed by atoms with Gasteiger partial charge in [0.05, 0.1) is 12.3 Å². The van der Waals surface area contributed by atoms with Gasteiger partial charge in [0.15, 0.2) is 0 Å². The summed E-state index contributed by atoms with van der Waals surface area (Å²) in [6, 6.07) is 4.10. The van der Waals surface area contributed by atoms with Gasteiger partial charge in [-0.3, -0.25) is 0 Å². The molecule has 0 radical (unpaired) electrons. The van der Waals surface area contributed by atoms with Gasteiger partial charge in [-0.15, -0.1) is 0 Å². The van der Waals surface area contributed by atoms with Crippen molar-refractivity contribution in [2.75, 3.05) is 6.54 Å². The van der Waals surface area contributed by atoms with Gasteiger partial charge in [-0.1, -0.05) is 25.4 Å². The van der Waals surface area contributed by atoms with E-state index in [9.17, 15) is 0 Å². The van der Waals surface area contributed by atoms with Crippen LogP contribution in [-0.4, -0.2) is 17.6 Å². The van der Waals surface area contributed by atoms with Gasteiger partial charge in [0.1, 0.15) is 11.6 Å². The first-order valence-electron chi connectivity index (χ1n) is 6.72. The van der Waals surface area contributed by atoms with E-state index in [1.54, 1.807) is 6.26 Å². The highest BCUT2D eigenvalue weighted by Crippen LogP contribution is 2.23. The van der Waals surface area contributed by atoms with Gasteiger partial charge in [0.2, 0.25) is 0 Å². The summed E-state index contributed by atoms with van der Waals surface area (Å²) in [4.78, 5) is 0. The predicted octanol–water partition coefficient (Wildman–Crippen LogP) is 2.87. The maximum Gasteiger partial charge on any atom is 0.144 e. The average Bonchev–Trinajstić information content (AvgIpc) is 2.90. The van der Waals surface area contributed by atoms with Crippen LogP contribution in [-0.2, 0) is 0 Å². The normalized spacial score (nSPS) is 14.6. The third-order valence-corrected chi connectivity index (χ3v) is 3.45. The average molecular weight is 267 g/mol. The summed E-state index contributed by atoms with van der Waals surface area (Å²) < 4.78 is 5.33. The summed E-state index contributed by atoms with van der Waals surface area (Å²) in [5.74, 6) is 1.25. The highest BCUT2D eigenvalue weighted by Gasteiger charge is 2.22. The second-order valence-corrected chi connectivity index (χ2v) is 5.52. The van der Waals surface area contributed by atoms with Crippen molar-refractivity contribution < 1.29 is 9.62 Å². The van der Waals surface area contributed by atoms with Gasteiger partial charge >= 0.3 is 0 Å². The molecule has 0 aliphatic heterocycles. The van der Waals surface area contributed by atoms with Crippen LogP contribution < -0.4 is 11.1 Å². The van der Waals surface area contributed by atoms with Gasteiger partial charge < -0.3 is 20.7 Å². The molecule has 0 saturated carbocycles. The summed E-state index contributed by atoms with van der Waals surface area (Å²) in [5, 5.41) is 15.2. The number of oxime groups is 1. The van der Waals surface area contributed by atoms with Crippen molar-refractivity contribution in [2.24, 2.45) is 16.3 Å². The van der Waals surface area contributed by atoms with Crippen LogP contribution in [0.15, 0.2) is 28.0 Å². The molecule has 4 N–H and O–H groups in total. The number of hydrogen-bond donors (Lipinski definition) is 3. The lowest BCUT2D eigenvalue weighted by atomic mass is 9.86. The Balaban J connectivity index is 2.18. The van der Waals surface area contributed by atoms with E-state index in [-0.39, 0.29) is 11.5 Å². The minimum absolute atomic E-state index is 0.229. The van der Waals surface area contributed by atoms with Crippen LogP contribution in [0.4, 0.5) is 0 Å². The van der Waals surface area contributed by atoms with Crippen LogP contribution in [0.5, 0.6) is 0 Å². The SMILES string of the molecule is C[C@@H](NCCCCC(C)(C)/C(N)=N/O)c1ccco1. The molecule has 1 heterocycles. The molecule has 0 fully saturated rings. The van der Waals surface area contributed by atoms with E-state index in [4.69, 9.17) is 15.4 Å². The molecule has 0 spiro atoms. The molecule has 5 nitrogen and oxygen atoms in total. The summed E-state index contributed by atoms with van der Waals surface area (Å²) >= 11 is 0. The molecule has 0 amide bonds. The van der Waals surface area contributed by atoms with Gasteiger partial charge in [-0.2, -0.15) is 0 Å². The van der Waals surface area contributed by atoms with Gasteiger partial charge in [-0.25, -0.2) is 0 Å². The lowest BCUT2D eigenvalue weighted by Crippen LogP contribution is -2.32. The molecule has 0 saturated heterocycles. The highest BCUT2D eigenvalue weighted by molar-refractivity contribution is 5.85. The van der Waals surface area contributed by atoms with Crippen molar-refractivity contribution in [1.82, 2.24) is 5.32 Å². The third-order valence-electron chi connectivity index (χ3n) is 3.45. The quantitative estimate of drug-likeness (QED) is 0.222. The summed E-state index contributed by atoms with van der Waals surface area (Å²) in [7, 11) is 0. The van der Waals surface area contributed by atoms with E-state index in [0.717, 1.165) is 31.6 Å². The number of furan rings is 1. The molecule has 1 aromatic rings. The lowest BCUT2D eigenvalue weighted by molar-refractivity contribution is 0.304. The van der Waals surface area contributed by atoms with E-state index in [0.29, 0.717) is 5.84 Å². The Morgan fingerprint density at radius 1 is 1.53 bits per heavy atom. The monoisotopic (exact) mass is 267 g/mol. The minimum atomic E-state index is -0.249. The number of nitrogens with zero attached hydrogens (tertiary/aromatic N) is 1. The van der Waals surface area contributed by atoms with Crippen LogP contribution in [0, 0.1) is 5.41 Å². The van der Waals surface area contributed by atoms with Crippen molar-refractivity contribution in [2.45, 2.75) is 46.1 Å². The maximum atomic E-state index is 8.69. The van der Waals surface area contributed by atoms with Crippen LogP contribution in [0.1, 0.15) is 51.8 Å². The van der Waals surface area contributed by atoms with Crippen LogP contribution >= 0.6 is 0 Å². The number of amidine groups is 1. The summed E-state index contributed by atoms with van der Waals surface area (Å²) in [6.45, 7) is 6.98. The second kappa shape index (κ2) is 7.19. The number of hydrogen-bond acceptors (Lipinski definition) is 4. The standard InChI is InChI=1S/C14H25N3O2/c1-11(12-7-6-10-19-12)16-9-5-4-8-14(2,3)13(15)17-18/h6-7,10-11,16,18H,4-5,8-9H2,1-3H3,(H2,15,17)/t11-/m1/s1. The summed E-state index contributed by atoms with van der Waals surface area (Å²) in [6.07, 6.45) is 4.67. The Hall–Kier alpha value is -1.49. The zero-order valence-corrected chi connectivity index (χ0v) is 12.0. The Morgan fingerprint density at radius 2 is 2.26 bits per heavy atom. The zero-order chi connectivity index (χ0) is 14.3. The Morgan fingerprint density at radius 3 is 2.84 bits per heavy atom. The van der Waals surface area contributed by atoms with Crippen molar-refractivity contribution in [1.29, 1.82) is 0 Å². The Kier molecular flexibility index (Phi) is 5.89. The molecule has 1 aromatic heterocycles. The Bertz CT molecular complexity index is 385. The second-order valence-electron chi connectivity index (χ2n) is 5.52. The topological polar surface area (TPSA) is 83.8 Å². The molecular weight excluding hydrogens is 242 g/mol. The lowest BCUT2D eigenvalue weighted by Gasteiger charge is -2.22. The van der Waals surface area contributed by atoms with Crippen molar-refractivity contribution in [3.8, 4) is 0 Å². The van der Waals surface area contributed by atoms with E-state index in [2.05, 4.69) is 17.4 Å². The smallest absolute Gasteiger partial charge is 0.144 e. The predicted molar refractivity (Wildman–Crippen MR) is 76.2 cm³/mol. The number of nitrogens with one attached hydrogen (secondary N) is 1. The fourth-order valence-corrected chi connectivity index (χ4v) is 1.91. The van der Waals surface area contributed by atoms with Crippen LogP contribution in [0.25, 0.3) is 0 Å². The molecule has 5 heteroatoms. The summed E-state index contributed by atoms with van der Waals surface area (Å²) in [5.41, 5.74) is 5.40. The van der Waals surface area contributed by atoms with Crippen LogP contribution in [0.3, 0.4) is 0 Å². The molecule has 0 unspecified atom stereocenters. The number of rotatable bonds is 8. The highest BCUT2D eigenvalue weighted by atomic mass is 16.4. The van der Waals surface area contributed by atoms with Gasteiger partial charge in [-0.05, 0) is 38.4 Å². The molecule has 0 aliphatic carbocycles. The molecule has 0 aliphatic rings. The molecular formula is C14H25N3O2. The van der Waals surface area contributed by atoms with Gasteiger partial charge in [0.25, 0.3) is 0 Å². The van der Waals surface area contributed by atoms with Crippen molar-refractivity contribution >= 4 is 5.84 Å². The zero-order valence-electron chi connectivity index (χ0n) is 12.0. The molecule has 19 heavy (non-hydrogen) atoms. The largest absolute Gasteiger partial charge is 0.468 e. The molecule has 0 bridgehead atoms. The third kappa shape index (κ3) is 4.95. The molecule has 1 rings (SSSR count). The fraction of sp³-hybridized carbons (Fsp3) is 0.643. The Labute approximate surface area is 114 Å². The molecule has 0 aromatic carbocycles. The van der Waals surface area contributed by atoms with Gasteiger partial charge in [0, 0.05) is 5.41 Å². The minimum Gasteiger partial charge on any atom is -0.468 e. The van der Waals surface area contributed by atoms with Crippen molar-refractivity contribution in [3.63, 3.8) is 0 Å². The van der Waals surface area contributed by atoms with Crippen LogP contribution in [0.2, 0.25) is 0 Å². The molecule has 108 valence electrons. The molecule has 1 atom stereocenters. The number of unbranched alkanes of at least 4 members (excludes halogenated alkanes) is 1. The first kappa shape index (κ1) is 15.6. The first-order valence-corrected chi connectivity index (χ1v) is 6.72. The van der Waals surface area contributed by atoms with E-state index >= 15 is 0 Å². The van der Waals surface area contributed by atoms with Crippen molar-refractivity contribution in [3.05, 3.63) is 24.2 Å². The fourth-order valence-electron chi connectivity index (χ4n) is 1.91. The first-order chi connectivity index (χ1) is 8.97. The number of nitrogens with two attached hydrogens (primary N) is 1. The van der Waals surface area contributed by atoms with E-state index in [1.165, 1.54) is 0 Å². The van der Waals surface area contributed by atoms with E-state index < -0.39 is 0 Å². The van der Waals surface area contributed by atoms with E-state index in [1.807, 2.05) is 26.0 Å². The maximum absolute atomic E-state index is 8.69.